The van der Waals surface area contributed by atoms with E-state index in [1.54, 1.807) is 16.7 Å². The second-order valence-electron chi connectivity index (χ2n) is 9.11. The van der Waals surface area contributed by atoms with E-state index in [1.165, 1.54) is 37.9 Å². The monoisotopic (exact) mass is 274 g/mol. The fraction of sp³-hybridized carbons (Fsp3) is 0.789. The van der Waals surface area contributed by atoms with Crippen molar-refractivity contribution in [3.05, 3.63) is 22.5 Å². The molecule has 1 aliphatic heterocycles. The van der Waals surface area contributed by atoms with Gasteiger partial charge in [0, 0.05) is 6.42 Å². The topological polar surface area (TPSA) is 9.23 Å². The minimum absolute atomic E-state index is 0.165. The van der Waals surface area contributed by atoms with Crippen LogP contribution in [0.2, 0.25) is 0 Å². The SMILES string of the molecule is CC(C)(C)C1=C2CC3(CCCC3)OC2=C(C(C)(C)C)C1. The summed E-state index contributed by atoms with van der Waals surface area (Å²) >= 11 is 0. The van der Waals surface area contributed by atoms with Crippen molar-refractivity contribution in [3.8, 4) is 0 Å². The molecule has 1 saturated heterocycles. The van der Waals surface area contributed by atoms with E-state index in [2.05, 4.69) is 41.5 Å². The van der Waals surface area contributed by atoms with Crippen molar-refractivity contribution in [2.24, 2.45) is 10.8 Å². The highest BCUT2D eigenvalue weighted by Crippen LogP contribution is 2.57. The van der Waals surface area contributed by atoms with Crippen LogP contribution in [0.1, 0.15) is 80.1 Å². The summed E-state index contributed by atoms with van der Waals surface area (Å²) < 4.78 is 6.62. The number of ether oxygens (including phenoxy) is 1. The Kier molecular flexibility index (Phi) is 2.95. The molecule has 0 aromatic rings. The van der Waals surface area contributed by atoms with Gasteiger partial charge in [-0.2, -0.15) is 0 Å². The van der Waals surface area contributed by atoms with Gasteiger partial charge in [0.1, 0.15) is 11.4 Å². The molecular weight excluding hydrogens is 244 g/mol. The van der Waals surface area contributed by atoms with Gasteiger partial charge in [-0.1, -0.05) is 47.1 Å². The van der Waals surface area contributed by atoms with Crippen LogP contribution in [0.3, 0.4) is 0 Å². The third kappa shape index (κ3) is 2.14. The summed E-state index contributed by atoms with van der Waals surface area (Å²) in [5, 5.41) is 0. The van der Waals surface area contributed by atoms with Gasteiger partial charge in [0.15, 0.2) is 0 Å². The second kappa shape index (κ2) is 4.15. The van der Waals surface area contributed by atoms with E-state index >= 15 is 0 Å². The van der Waals surface area contributed by atoms with Crippen LogP contribution in [0.15, 0.2) is 22.5 Å². The van der Waals surface area contributed by atoms with Crippen molar-refractivity contribution in [1.29, 1.82) is 0 Å². The molecule has 2 aliphatic carbocycles. The highest BCUT2D eigenvalue weighted by molar-refractivity contribution is 5.51. The van der Waals surface area contributed by atoms with Gasteiger partial charge in [-0.3, -0.25) is 0 Å². The molecule has 1 saturated carbocycles. The van der Waals surface area contributed by atoms with Crippen LogP contribution in [0.25, 0.3) is 0 Å². The van der Waals surface area contributed by atoms with E-state index in [0.717, 1.165) is 6.42 Å². The molecule has 1 nitrogen and oxygen atoms in total. The number of hydrogen-bond donors (Lipinski definition) is 0. The predicted molar refractivity (Wildman–Crippen MR) is 84.5 cm³/mol. The molecule has 2 fully saturated rings. The van der Waals surface area contributed by atoms with Gasteiger partial charge >= 0.3 is 0 Å². The molecule has 0 N–H and O–H groups in total. The van der Waals surface area contributed by atoms with Gasteiger partial charge in [0.25, 0.3) is 0 Å². The van der Waals surface area contributed by atoms with Crippen LogP contribution in [-0.4, -0.2) is 5.60 Å². The molecule has 3 rings (SSSR count). The minimum Gasteiger partial charge on any atom is -0.487 e. The second-order valence-corrected chi connectivity index (χ2v) is 9.11. The van der Waals surface area contributed by atoms with E-state index in [9.17, 15) is 0 Å². The van der Waals surface area contributed by atoms with Crippen molar-refractivity contribution in [3.63, 3.8) is 0 Å². The number of allylic oxidation sites excluding steroid dienone is 3. The maximum atomic E-state index is 6.62. The first-order chi connectivity index (χ1) is 9.12. The van der Waals surface area contributed by atoms with Crippen molar-refractivity contribution in [1.82, 2.24) is 0 Å². The largest absolute Gasteiger partial charge is 0.487 e. The van der Waals surface area contributed by atoms with Crippen molar-refractivity contribution in [2.75, 3.05) is 0 Å². The average Bonchev–Trinajstić information content (AvgIpc) is 2.90. The quantitative estimate of drug-likeness (QED) is 0.545. The zero-order valence-electron chi connectivity index (χ0n) is 14.2. The molecule has 20 heavy (non-hydrogen) atoms. The Hall–Kier alpha value is -0.720. The summed E-state index contributed by atoms with van der Waals surface area (Å²) in [6.07, 6.45) is 7.51. The summed E-state index contributed by atoms with van der Waals surface area (Å²) in [7, 11) is 0. The van der Waals surface area contributed by atoms with E-state index in [1.807, 2.05) is 0 Å². The third-order valence-corrected chi connectivity index (χ3v) is 5.41. The van der Waals surface area contributed by atoms with Gasteiger partial charge in [0.05, 0.1) is 0 Å². The van der Waals surface area contributed by atoms with Gasteiger partial charge in [-0.05, 0) is 54.1 Å². The van der Waals surface area contributed by atoms with Crippen molar-refractivity contribution >= 4 is 0 Å². The maximum Gasteiger partial charge on any atom is 0.123 e. The molecule has 0 amide bonds. The lowest BCUT2D eigenvalue weighted by atomic mass is 9.78. The molecule has 1 heteroatoms. The third-order valence-electron chi connectivity index (χ3n) is 5.41. The Morgan fingerprint density at radius 3 is 1.90 bits per heavy atom. The average molecular weight is 274 g/mol. The lowest BCUT2D eigenvalue weighted by Gasteiger charge is -2.29. The van der Waals surface area contributed by atoms with Gasteiger partial charge in [-0.25, -0.2) is 0 Å². The molecule has 0 bridgehead atoms. The Bertz CT molecular complexity index is 445. The van der Waals surface area contributed by atoms with Crippen molar-refractivity contribution in [2.45, 2.75) is 85.7 Å². The first-order valence-electron chi connectivity index (χ1n) is 8.28. The molecule has 0 aromatic heterocycles. The van der Waals surface area contributed by atoms with Gasteiger partial charge in [-0.15, -0.1) is 0 Å². The van der Waals surface area contributed by atoms with E-state index in [0.29, 0.717) is 0 Å². The van der Waals surface area contributed by atoms with Gasteiger partial charge < -0.3 is 4.74 Å². The highest BCUT2D eigenvalue weighted by atomic mass is 16.5. The summed E-state index contributed by atoms with van der Waals surface area (Å²) in [4.78, 5) is 0. The lowest BCUT2D eigenvalue weighted by molar-refractivity contribution is 0.0431. The fourth-order valence-electron chi connectivity index (χ4n) is 4.19. The molecular formula is C19H30O. The van der Waals surface area contributed by atoms with Crippen LogP contribution < -0.4 is 0 Å². The zero-order valence-corrected chi connectivity index (χ0v) is 14.2. The van der Waals surface area contributed by atoms with Crippen LogP contribution in [0.5, 0.6) is 0 Å². The van der Waals surface area contributed by atoms with Crippen molar-refractivity contribution < 1.29 is 4.74 Å². The predicted octanol–water partition coefficient (Wildman–Crippen LogP) is 5.77. The van der Waals surface area contributed by atoms with Crippen LogP contribution in [0.4, 0.5) is 0 Å². The Labute approximate surface area is 124 Å². The van der Waals surface area contributed by atoms with E-state index in [-0.39, 0.29) is 16.4 Å². The van der Waals surface area contributed by atoms with E-state index in [4.69, 9.17) is 4.74 Å². The maximum absolute atomic E-state index is 6.62. The Morgan fingerprint density at radius 2 is 1.40 bits per heavy atom. The molecule has 0 radical (unpaired) electrons. The lowest BCUT2D eigenvalue weighted by Crippen LogP contribution is -2.24. The summed E-state index contributed by atoms with van der Waals surface area (Å²) in [5.74, 6) is 1.30. The van der Waals surface area contributed by atoms with Crippen LogP contribution in [-0.2, 0) is 4.74 Å². The van der Waals surface area contributed by atoms with Crippen LogP contribution in [0, 0.1) is 10.8 Å². The van der Waals surface area contributed by atoms with E-state index < -0.39 is 0 Å². The molecule has 0 aromatic carbocycles. The van der Waals surface area contributed by atoms with Crippen LogP contribution >= 0.6 is 0 Å². The molecule has 112 valence electrons. The molecule has 1 heterocycles. The summed E-state index contributed by atoms with van der Waals surface area (Å²) in [6, 6.07) is 0. The first-order valence-corrected chi connectivity index (χ1v) is 8.28. The fourth-order valence-corrected chi connectivity index (χ4v) is 4.19. The smallest absolute Gasteiger partial charge is 0.123 e. The normalized spacial score (nSPS) is 25.7. The molecule has 3 aliphatic rings. The van der Waals surface area contributed by atoms with Gasteiger partial charge in [0.2, 0.25) is 0 Å². The number of hydrogen-bond acceptors (Lipinski definition) is 1. The zero-order chi connectivity index (χ0) is 14.8. The number of fused-ring (bicyclic) bond motifs is 1. The summed E-state index contributed by atoms with van der Waals surface area (Å²) in [6.45, 7) is 14.1. The standard InChI is InChI=1S/C19H30O/c1-17(2,3)14-11-15(18(4,5)6)16-13(14)12-19(20-16)9-7-8-10-19/h7-12H2,1-6H3. The Balaban J connectivity index is 2.05. The highest BCUT2D eigenvalue weighted by Gasteiger charge is 2.49. The molecule has 1 spiro atoms. The molecule has 0 atom stereocenters. The minimum atomic E-state index is 0.165. The summed E-state index contributed by atoms with van der Waals surface area (Å²) in [5.41, 5.74) is 5.41. The first kappa shape index (κ1) is 14.2. The Morgan fingerprint density at radius 1 is 0.850 bits per heavy atom. The number of rotatable bonds is 0. The molecule has 0 unspecified atom stereocenters.